The highest BCUT2D eigenvalue weighted by molar-refractivity contribution is 8.13. The number of thioether (sulfide) groups is 1. The lowest BCUT2D eigenvalue weighted by atomic mass is 9.78. The van der Waals surface area contributed by atoms with Gasteiger partial charge in [0.2, 0.25) is 0 Å². The molecule has 0 atom stereocenters. The van der Waals surface area contributed by atoms with E-state index in [2.05, 4.69) is 0 Å². The molecule has 0 N–H and O–H groups in total. The second kappa shape index (κ2) is 8.21. The second-order valence-corrected chi connectivity index (χ2v) is 8.81. The number of carbonyl (C=O) groups is 2. The quantitative estimate of drug-likeness (QED) is 0.558. The predicted molar refractivity (Wildman–Crippen MR) is 110 cm³/mol. The highest BCUT2D eigenvalue weighted by Crippen LogP contribution is 2.39. The number of esters is 1. The molecule has 5 nitrogen and oxygen atoms in total. The van der Waals surface area contributed by atoms with Crippen molar-refractivity contribution in [1.82, 2.24) is 0 Å². The molecule has 1 aliphatic rings. The summed E-state index contributed by atoms with van der Waals surface area (Å²) in [6, 6.07) is 5.58. The molecule has 1 saturated heterocycles. The Bertz CT molecular complexity index is 754. The van der Waals surface area contributed by atoms with Crippen LogP contribution in [0.25, 0.3) is 6.08 Å². The van der Waals surface area contributed by atoms with Gasteiger partial charge in [-0.15, -0.1) is 0 Å². The van der Waals surface area contributed by atoms with Crippen LogP contribution < -0.4 is 0 Å². The maximum atomic E-state index is 12.0. The van der Waals surface area contributed by atoms with Gasteiger partial charge in [-0.1, -0.05) is 30.0 Å². The van der Waals surface area contributed by atoms with Crippen molar-refractivity contribution in [2.45, 2.75) is 52.7 Å². The third-order valence-corrected chi connectivity index (χ3v) is 5.90. The zero-order valence-corrected chi connectivity index (χ0v) is 17.9. The molecule has 7 heteroatoms. The van der Waals surface area contributed by atoms with E-state index in [0.717, 1.165) is 16.6 Å². The van der Waals surface area contributed by atoms with Crippen molar-refractivity contribution in [3.63, 3.8) is 0 Å². The van der Waals surface area contributed by atoms with Crippen LogP contribution >= 0.6 is 11.8 Å². The number of rotatable bonds is 5. The molecular weight excluding hydrogens is 363 g/mol. The molecule has 0 unspecified atom stereocenters. The Kier molecular flexibility index (Phi) is 6.61. The largest absolute Gasteiger partial charge is 0.491 e. The second-order valence-electron chi connectivity index (χ2n) is 7.65. The Hall–Kier alpha value is -1.57. The van der Waals surface area contributed by atoms with Crippen molar-refractivity contribution < 1.29 is 23.6 Å². The SMILES string of the molecule is COC(=O)c1cc(C=C(CSC(C)=O)B2OC(C)(C)C(C)(C)O2)ccc1C. The minimum Gasteiger partial charge on any atom is -0.465 e. The normalized spacial score (nSPS) is 18.5. The molecule has 146 valence electrons. The van der Waals surface area contributed by atoms with Gasteiger partial charge in [0.25, 0.3) is 0 Å². The monoisotopic (exact) mass is 390 g/mol. The van der Waals surface area contributed by atoms with Crippen molar-refractivity contribution in [2.24, 2.45) is 0 Å². The minimum atomic E-state index is -0.551. The Morgan fingerprint density at radius 3 is 2.30 bits per heavy atom. The van der Waals surface area contributed by atoms with E-state index in [4.69, 9.17) is 14.0 Å². The molecular formula is C20H27BO5S. The van der Waals surface area contributed by atoms with Gasteiger partial charge in [0.15, 0.2) is 5.12 Å². The molecule has 1 heterocycles. The fourth-order valence-corrected chi connectivity index (χ4v) is 3.22. The van der Waals surface area contributed by atoms with Gasteiger partial charge >= 0.3 is 13.1 Å². The molecule has 1 aromatic rings. The number of benzene rings is 1. The number of aryl methyl sites for hydroxylation is 1. The Labute approximate surface area is 166 Å². The van der Waals surface area contributed by atoms with Gasteiger partial charge in [0.05, 0.1) is 23.9 Å². The molecule has 0 spiro atoms. The summed E-state index contributed by atoms with van der Waals surface area (Å²) in [4.78, 5) is 23.5. The van der Waals surface area contributed by atoms with Crippen LogP contribution in [0.1, 0.15) is 56.1 Å². The lowest BCUT2D eigenvalue weighted by Gasteiger charge is -2.32. The van der Waals surface area contributed by atoms with E-state index in [0.29, 0.717) is 11.3 Å². The minimum absolute atomic E-state index is 0.0246. The first-order valence-corrected chi connectivity index (χ1v) is 9.84. The van der Waals surface area contributed by atoms with Crippen LogP contribution in [0, 0.1) is 6.92 Å². The fourth-order valence-electron chi connectivity index (χ4n) is 2.63. The molecule has 1 fully saturated rings. The lowest BCUT2D eigenvalue weighted by molar-refractivity contribution is -0.109. The van der Waals surface area contributed by atoms with E-state index >= 15 is 0 Å². The number of methoxy groups -OCH3 is 1. The van der Waals surface area contributed by atoms with Gasteiger partial charge in [0, 0.05) is 12.7 Å². The lowest BCUT2D eigenvalue weighted by Crippen LogP contribution is -2.41. The van der Waals surface area contributed by atoms with Gasteiger partial charge in [-0.05, 0) is 57.3 Å². The topological polar surface area (TPSA) is 61.8 Å². The van der Waals surface area contributed by atoms with Crippen LogP contribution in [-0.4, -0.2) is 42.3 Å². The summed E-state index contributed by atoms with van der Waals surface area (Å²) in [6.45, 7) is 11.4. The molecule has 0 bridgehead atoms. The molecule has 0 aromatic heterocycles. The van der Waals surface area contributed by atoms with Crippen molar-refractivity contribution in [2.75, 3.05) is 12.9 Å². The highest BCUT2D eigenvalue weighted by atomic mass is 32.2. The molecule has 1 aliphatic heterocycles. The summed E-state index contributed by atoms with van der Waals surface area (Å²) in [7, 11) is 0.813. The van der Waals surface area contributed by atoms with Crippen LogP contribution in [0.4, 0.5) is 0 Å². The van der Waals surface area contributed by atoms with Crippen molar-refractivity contribution in [1.29, 1.82) is 0 Å². The Morgan fingerprint density at radius 1 is 1.19 bits per heavy atom. The Morgan fingerprint density at radius 2 is 1.78 bits per heavy atom. The van der Waals surface area contributed by atoms with Gasteiger partial charge in [-0.25, -0.2) is 4.79 Å². The third kappa shape index (κ3) is 5.03. The van der Waals surface area contributed by atoms with Gasteiger partial charge in [0.1, 0.15) is 0 Å². The fraction of sp³-hybridized carbons (Fsp3) is 0.500. The summed E-state index contributed by atoms with van der Waals surface area (Å²) in [5, 5.41) is 0.0246. The van der Waals surface area contributed by atoms with Gasteiger partial charge in [-0.2, -0.15) is 0 Å². The molecule has 2 rings (SSSR count). The molecule has 0 amide bonds. The molecule has 0 aliphatic carbocycles. The van der Waals surface area contributed by atoms with Gasteiger partial charge in [-0.3, -0.25) is 4.79 Å². The zero-order valence-electron chi connectivity index (χ0n) is 17.0. The summed E-state index contributed by atoms with van der Waals surface area (Å²) in [5.74, 6) is 0.0752. The number of hydrogen-bond acceptors (Lipinski definition) is 6. The first-order chi connectivity index (χ1) is 12.5. The van der Waals surface area contributed by atoms with E-state index < -0.39 is 18.3 Å². The van der Waals surface area contributed by atoms with Crippen molar-refractivity contribution in [3.8, 4) is 0 Å². The van der Waals surface area contributed by atoms with Gasteiger partial charge < -0.3 is 14.0 Å². The average Bonchev–Trinajstić information content (AvgIpc) is 2.79. The van der Waals surface area contributed by atoms with E-state index in [1.807, 2.05) is 52.8 Å². The standard InChI is InChI=1S/C20H27BO5S/c1-13-8-9-15(11-17(13)18(23)24-7)10-16(12-27-14(2)22)21-25-19(3,4)20(5,6)26-21/h8-11H,12H2,1-7H3. The summed E-state index contributed by atoms with van der Waals surface area (Å²) in [6.07, 6.45) is 1.92. The van der Waals surface area contributed by atoms with Crippen LogP contribution in [0.15, 0.2) is 23.7 Å². The van der Waals surface area contributed by atoms with Crippen LogP contribution in [-0.2, 0) is 18.8 Å². The van der Waals surface area contributed by atoms with E-state index in [1.165, 1.54) is 25.8 Å². The third-order valence-electron chi connectivity index (χ3n) is 5.02. The summed E-state index contributed by atoms with van der Waals surface area (Å²) >= 11 is 1.21. The maximum absolute atomic E-state index is 12.0. The zero-order chi connectivity index (χ0) is 20.4. The van der Waals surface area contributed by atoms with Crippen LogP contribution in [0.5, 0.6) is 0 Å². The summed E-state index contributed by atoms with van der Waals surface area (Å²) < 4.78 is 17.1. The molecule has 0 radical (unpaired) electrons. The predicted octanol–water partition coefficient (Wildman–Crippen LogP) is 4.08. The maximum Gasteiger partial charge on any atom is 0.491 e. The number of carbonyl (C=O) groups excluding carboxylic acids is 2. The van der Waals surface area contributed by atoms with Crippen LogP contribution in [0.3, 0.4) is 0 Å². The van der Waals surface area contributed by atoms with E-state index in [9.17, 15) is 9.59 Å². The van der Waals surface area contributed by atoms with Crippen LogP contribution in [0.2, 0.25) is 0 Å². The van der Waals surface area contributed by atoms with Crippen molar-refractivity contribution >= 4 is 36.0 Å². The van der Waals surface area contributed by atoms with E-state index in [1.54, 1.807) is 6.07 Å². The molecule has 1 aromatic carbocycles. The van der Waals surface area contributed by atoms with E-state index in [-0.39, 0.29) is 11.1 Å². The molecule has 27 heavy (non-hydrogen) atoms. The number of ether oxygens (including phenoxy) is 1. The highest BCUT2D eigenvalue weighted by Gasteiger charge is 2.52. The summed E-state index contributed by atoms with van der Waals surface area (Å²) in [5.41, 5.74) is 2.08. The van der Waals surface area contributed by atoms with Crippen molar-refractivity contribution in [3.05, 3.63) is 40.4 Å². The first-order valence-electron chi connectivity index (χ1n) is 8.85. The number of hydrogen-bond donors (Lipinski definition) is 0. The smallest absolute Gasteiger partial charge is 0.465 e. The Balaban J connectivity index is 2.40. The average molecular weight is 390 g/mol. The first kappa shape index (κ1) is 21.7. The molecule has 0 saturated carbocycles.